The van der Waals surface area contributed by atoms with E-state index in [-0.39, 0.29) is 13.0 Å². The summed E-state index contributed by atoms with van der Waals surface area (Å²) >= 11 is 0. The molecular formula is C5H10F2N2O3. The minimum Gasteiger partial charge on any atom is -0.375 e. The Morgan fingerprint density at radius 3 is 2.75 bits per heavy atom. The normalized spacial score (nSPS) is 10.3. The summed E-state index contributed by atoms with van der Waals surface area (Å²) in [5.41, 5.74) is 1.66. The second kappa shape index (κ2) is 6.89. The molecule has 0 atom stereocenters. The molecule has 0 bridgehead atoms. The minimum atomic E-state index is -2.52. The zero-order valence-corrected chi connectivity index (χ0v) is 6.26. The third-order valence-electron chi connectivity index (χ3n) is 0.867. The van der Waals surface area contributed by atoms with Gasteiger partial charge in [0.05, 0.1) is 13.0 Å². The van der Waals surface area contributed by atoms with Crippen molar-refractivity contribution >= 4 is 5.97 Å². The molecule has 0 aliphatic carbocycles. The van der Waals surface area contributed by atoms with Crippen LogP contribution >= 0.6 is 0 Å². The molecule has 12 heavy (non-hydrogen) atoms. The Labute approximate surface area is 67.7 Å². The highest BCUT2D eigenvalue weighted by Gasteiger charge is 2.04. The maximum atomic E-state index is 11.4. The fraction of sp³-hybridized carbons (Fsp3) is 0.800. The van der Waals surface area contributed by atoms with E-state index in [2.05, 4.69) is 15.4 Å². The summed E-state index contributed by atoms with van der Waals surface area (Å²) in [6.45, 7) is -0.784. The van der Waals surface area contributed by atoms with Gasteiger partial charge < -0.3 is 9.57 Å². The zero-order chi connectivity index (χ0) is 9.40. The fourth-order valence-corrected chi connectivity index (χ4v) is 0.445. The van der Waals surface area contributed by atoms with Gasteiger partial charge in [0.25, 0.3) is 6.43 Å². The van der Waals surface area contributed by atoms with Gasteiger partial charge in [-0.15, -0.1) is 0 Å². The van der Waals surface area contributed by atoms with E-state index >= 15 is 0 Å². The van der Waals surface area contributed by atoms with Crippen LogP contribution in [0.1, 0.15) is 6.42 Å². The minimum absolute atomic E-state index is 0.106. The van der Waals surface area contributed by atoms with Crippen molar-refractivity contribution in [2.24, 2.45) is 5.84 Å². The molecule has 0 aliphatic rings. The van der Waals surface area contributed by atoms with Gasteiger partial charge in [0.15, 0.2) is 0 Å². The lowest BCUT2D eigenvalue weighted by atomic mass is 10.5. The summed E-state index contributed by atoms with van der Waals surface area (Å²) in [6, 6.07) is 0. The molecule has 0 fully saturated rings. The van der Waals surface area contributed by atoms with E-state index in [9.17, 15) is 13.6 Å². The second-order valence-corrected chi connectivity index (χ2v) is 1.81. The van der Waals surface area contributed by atoms with E-state index in [4.69, 9.17) is 0 Å². The van der Waals surface area contributed by atoms with Crippen LogP contribution in [0.3, 0.4) is 0 Å². The van der Waals surface area contributed by atoms with E-state index in [1.807, 2.05) is 0 Å². The first-order chi connectivity index (χ1) is 5.66. The maximum Gasteiger partial charge on any atom is 0.328 e. The number of nitrogens with two attached hydrogens (primary N) is 1. The number of hydrogen-bond donors (Lipinski definition) is 2. The molecule has 3 N–H and O–H groups in total. The Balaban J connectivity index is 3.14. The molecule has 7 heteroatoms. The molecule has 0 saturated heterocycles. The van der Waals surface area contributed by atoms with Crippen LogP contribution in [0.25, 0.3) is 0 Å². The Morgan fingerprint density at radius 1 is 1.58 bits per heavy atom. The molecule has 0 amide bonds. The fourth-order valence-electron chi connectivity index (χ4n) is 0.445. The van der Waals surface area contributed by atoms with Gasteiger partial charge in [-0.25, -0.2) is 14.6 Å². The summed E-state index contributed by atoms with van der Waals surface area (Å²) in [4.78, 5) is 14.5. The maximum absolute atomic E-state index is 11.4. The highest BCUT2D eigenvalue weighted by molar-refractivity contribution is 5.69. The Hall–Kier alpha value is -0.790. The molecular weight excluding hydrogens is 174 g/mol. The lowest BCUT2D eigenvalue weighted by Gasteiger charge is -2.02. The SMILES string of the molecule is NNOC(=O)CCOCC(F)F. The summed E-state index contributed by atoms with van der Waals surface area (Å²) < 4.78 is 27.3. The number of ether oxygens (including phenoxy) is 1. The number of hydrogen-bond acceptors (Lipinski definition) is 5. The van der Waals surface area contributed by atoms with Crippen LogP contribution in [-0.4, -0.2) is 25.6 Å². The lowest BCUT2D eigenvalue weighted by Crippen LogP contribution is -2.26. The number of carbonyl (C=O) groups excluding carboxylic acids is 1. The average molecular weight is 184 g/mol. The van der Waals surface area contributed by atoms with Crippen molar-refractivity contribution in [1.29, 1.82) is 0 Å². The van der Waals surface area contributed by atoms with Crippen molar-refractivity contribution in [2.45, 2.75) is 12.8 Å². The van der Waals surface area contributed by atoms with Crippen molar-refractivity contribution in [1.82, 2.24) is 5.59 Å². The Bertz CT molecular complexity index is 134. The summed E-state index contributed by atoms with van der Waals surface area (Å²) in [5, 5.41) is 0. The first-order valence-electron chi connectivity index (χ1n) is 3.18. The molecule has 0 heterocycles. The van der Waals surface area contributed by atoms with Crippen LogP contribution < -0.4 is 11.4 Å². The first kappa shape index (κ1) is 11.2. The standard InChI is InChI=1S/C5H10F2N2O3/c6-4(7)3-11-2-1-5(10)12-9-8/h4,9H,1-3,8H2. The van der Waals surface area contributed by atoms with Crippen molar-refractivity contribution in [3.05, 3.63) is 0 Å². The zero-order valence-electron chi connectivity index (χ0n) is 6.26. The predicted octanol–water partition coefficient (Wildman–Crippen LogP) is -0.420. The van der Waals surface area contributed by atoms with Gasteiger partial charge in [-0.2, -0.15) is 0 Å². The van der Waals surface area contributed by atoms with Gasteiger partial charge >= 0.3 is 5.97 Å². The summed E-state index contributed by atoms with van der Waals surface area (Å²) in [6.07, 6.45) is -2.63. The van der Waals surface area contributed by atoms with Gasteiger partial charge in [0.1, 0.15) is 6.61 Å². The topological polar surface area (TPSA) is 73.6 Å². The van der Waals surface area contributed by atoms with Crippen molar-refractivity contribution in [2.75, 3.05) is 13.2 Å². The number of rotatable bonds is 6. The van der Waals surface area contributed by atoms with Crippen molar-refractivity contribution in [3.8, 4) is 0 Å². The van der Waals surface area contributed by atoms with Crippen LogP contribution in [-0.2, 0) is 14.4 Å². The van der Waals surface area contributed by atoms with E-state index < -0.39 is 19.0 Å². The number of alkyl halides is 2. The van der Waals surface area contributed by atoms with Gasteiger partial charge in [-0.1, -0.05) is 5.59 Å². The highest BCUT2D eigenvalue weighted by Crippen LogP contribution is 1.93. The molecule has 0 aliphatic heterocycles. The van der Waals surface area contributed by atoms with Crippen LogP contribution in [0, 0.1) is 0 Å². The predicted molar refractivity (Wildman–Crippen MR) is 34.9 cm³/mol. The molecule has 5 nitrogen and oxygen atoms in total. The van der Waals surface area contributed by atoms with Gasteiger partial charge in [-0.3, -0.25) is 4.79 Å². The van der Waals surface area contributed by atoms with Crippen LogP contribution in [0.15, 0.2) is 0 Å². The highest BCUT2D eigenvalue weighted by atomic mass is 19.3. The number of carbonyl (C=O) groups is 1. The first-order valence-corrected chi connectivity index (χ1v) is 3.18. The number of hydrazine groups is 1. The molecule has 0 rings (SSSR count). The molecule has 0 unspecified atom stereocenters. The molecule has 0 aromatic carbocycles. The Morgan fingerprint density at radius 2 is 2.25 bits per heavy atom. The lowest BCUT2D eigenvalue weighted by molar-refractivity contribution is -0.152. The third kappa shape index (κ3) is 7.32. The van der Waals surface area contributed by atoms with E-state index in [1.54, 1.807) is 5.59 Å². The Kier molecular flexibility index (Phi) is 6.44. The van der Waals surface area contributed by atoms with Crippen molar-refractivity contribution in [3.63, 3.8) is 0 Å². The van der Waals surface area contributed by atoms with E-state index in [0.717, 1.165) is 0 Å². The second-order valence-electron chi connectivity index (χ2n) is 1.81. The number of halogens is 2. The van der Waals surface area contributed by atoms with Crippen LogP contribution in [0.5, 0.6) is 0 Å². The average Bonchev–Trinajstić information content (AvgIpc) is 1.98. The monoisotopic (exact) mass is 184 g/mol. The van der Waals surface area contributed by atoms with Gasteiger partial charge in [0, 0.05) is 0 Å². The molecule has 0 aromatic heterocycles. The van der Waals surface area contributed by atoms with Gasteiger partial charge in [-0.05, 0) is 0 Å². The smallest absolute Gasteiger partial charge is 0.328 e. The molecule has 72 valence electrons. The molecule has 0 spiro atoms. The van der Waals surface area contributed by atoms with E-state index in [1.165, 1.54) is 0 Å². The molecule has 0 aromatic rings. The van der Waals surface area contributed by atoms with Crippen LogP contribution in [0.2, 0.25) is 0 Å². The largest absolute Gasteiger partial charge is 0.375 e. The summed E-state index contributed by atoms with van der Waals surface area (Å²) in [7, 11) is 0. The summed E-state index contributed by atoms with van der Waals surface area (Å²) in [5.74, 6) is 3.97. The van der Waals surface area contributed by atoms with Crippen molar-refractivity contribution < 1.29 is 23.1 Å². The quantitative estimate of drug-likeness (QED) is 0.333. The molecule has 0 radical (unpaired) electrons. The van der Waals surface area contributed by atoms with Gasteiger partial charge in [0.2, 0.25) is 0 Å². The molecule has 0 saturated carbocycles. The third-order valence-corrected chi connectivity index (χ3v) is 0.867. The number of nitrogens with one attached hydrogen (secondary N) is 1. The van der Waals surface area contributed by atoms with E-state index in [0.29, 0.717) is 0 Å². The van der Waals surface area contributed by atoms with Crippen LogP contribution in [0.4, 0.5) is 8.78 Å².